The SMILES string of the molecule is CCCCCCCCCCCCC(CCCCCCC)(C(=O)O)C(=O)O.[CaH2]. The van der Waals surface area contributed by atoms with Crippen LogP contribution < -0.4 is 0 Å². The summed E-state index contributed by atoms with van der Waals surface area (Å²) < 4.78 is 0. The van der Waals surface area contributed by atoms with Gasteiger partial charge in [-0.3, -0.25) is 9.59 Å². The predicted octanol–water partition coefficient (Wildman–Crippen LogP) is 5.90. The summed E-state index contributed by atoms with van der Waals surface area (Å²) in [6.07, 6.45) is 17.1. The van der Waals surface area contributed by atoms with Crippen molar-refractivity contribution in [3.8, 4) is 0 Å². The van der Waals surface area contributed by atoms with Gasteiger partial charge in [-0.2, -0.15) is 0 Å². The average molecular weight is 413 g/mol. The van der Waals surface area contributed by atoms with Crippen LogP contribution in [0, 0.1) is 5.41 Å². The number of hydrogen-bond acceptors (Lipinski definition) is 2. The van der Waals surface area contributed by atoms with Crippen molar-refractivity contribution in [3.05, 3.63) is 0 Å². The van der Waals surface area contributed by atoms with Gasteiger partial charge in [0, 0.05) is 0 Å². The van der Waals surface area contributed by atoms with Gasteiger partial charge in [0.05, 0.1) is 0 Å². The van der Waals surface area contributed by atoms with Crippen LogP contribution in [0.4, 0.5) is 0 Å². The van der Waals surface area contributed by atoms with Crippen LogP contribution in [0.2, 0.25) is 0 Å². The predicted molar refractivity (Wildman–Crippen MR) is 116 cm³/mol. The zero-order valence-corrected chi connectivity index (χ0v) is 17.2. The molecule has 0 aliphatic carbocycles. The third-order valence-electron chi connectivity index (χ3n) is 5.48. The van der Waals surface area contributed by atoms with E-state index in [4.69, 9.17) is 0 Å². The van der Waals surface area contributed by atoms with E-state index in [1.165, 1.54) is 44.9 Å². The molecule has 0 aromatic carbocycles. The maximum absolute atomic E-state index is 11.7. The molecule has 0 aromatic heterocycles. The number of rotatable bonds is 19. The van der Waals surface area contributed by atoms with Gasteiger partial charge in [0.2, 0.25) is 0 Å². The molecular formula is C22H44CaO4. The van der Waals surface area contributed by atoms with E-state index >= 15 is 0 Å². The molecule has 4 nitrogen and oxygen atoms in total. The topological polar surface area (TPSA) is 74.6 Å². The van der Waals surface area contributed by atoms with Crippen molar-refractivity contribution in [1.29, 1.82) is 0 Å². The fourth-order valence-corrected chi connectivity index (χ4v) is 3.59. The molecule has 27 heavy (non-hydrogen) atoms. The number of carbonyl (C=O) groups is 2. The van der Waals surface area contributed by atoms with Crippen LogP contribution >= 0.6 is 0 Å². The molecule has 0 saturated carbocycles. The molecule has 0 aromatic rings. The number of aliphatic carboxylic acids is 2. The second kappa shape index (κ2) is 19.5. The van der Waals surface area contributed by atoms with Gasteiger partial charge in [-0.05, 0) is 12.8 Å². The van der Waals surface area contributed by atoms with Crippen molar-refractivity contribution >= 4 is 49.7 Å². The van der Waals surface area contributed by atoms with E-state index in [1.807, 2.05) is 0 Å². The van der Waals surface area contributed by atoms with Gasteiger partial charge in [0.1, 0.15) is 0 Å². The summed E-state index contributed by atoms with van der Waals surface area (Å²) in [7, 11) is 0. The van der Waals surface area contributed by atoms with E-state index in [-0.39, 0.29) is 50.6 Å². The van der Waals surface area contributed by atoms with Crippen molar-refractivity contribution in [3.63, 3.8) is 0 Å². The summed E-state index contributed by atoms with van der Waals surface area (Å²) >= 11 is 0. The number of carboxylic acids is 2. The first-order valence-corrected chi connectivity index (χ1v) is 11.0. The Morgan fingerprint density at radius 2 is 0.815 bits per heavy atom. The first kappa shape index (κ1) is 29.4. The molecule has 2 N–H and O–H groups in total. The first-order chi connectivity index (χ1) is 12.5. The molecule has 0 amide bonds. The summed E-state index contributed by atoms with van der Waals surface area (Å²) in [6.45, 7) is 4.35. The van der Waals surface area contributed by atoms with Crippen LogP contribution in [0.3, 0.4) is 0 Å². The van der Waals surface area contributed by atoms with Gasteiger partial charge in [0.15, 0.2) is 5.41 Å². The van der Waals surface area contributed by atoms with Crippen LogP contribution in [0.15, 0.2) is 0 Å². The normalized spacial score (nSPS) is 11.2. The fraction of sp³-hybridized carbons (Fsp3) is 0.909. The summed E-state index contributed by atoms with van der Waals surface area (Å²) in [5.41, 5.74) is -1.58. The fourth-order valence-electron chi connectivity index (χ4n) is 3.59. The van der Waals surface area contributed by atoms with E-state index in [0.717, 1.165) is 38.5 Å². The van der Waals surface area contributed by atoms with Crippen molar-refractivity contribution < 1.29 is 19.8 Å². The van der Waals surface area contributed by atoms with Crippen molar-refractivity contribution in [2.24, 2.45) is 5.41 Å². The third-order valence-corrected chi connectivity index (χ3v) is 5.48. The molecule has 158 valence electrons. The third kappa shape index (κ3) is 13.9. The summed E-state index contributed by atoms with van der Waals surface area (Å²) in [5.74, 6) is -2.31. The first-order valence-electron chi connectivity index (χ1n) is 11.0. The van der Waals surface area contributed by atoms with Crippen LogP contribution in [0.25, 0.3) is 0 Å². The molecule has 0 spiro atoms. The summed E-state index contributed by atoms with van der Waals surface area (Å²) in [5, 5.41) is 19.1. The van der Waals surface area contributed by atoms with Crippen LogP contribution in [-0.2, 0) is 9.59 Å². The van der Waals surface area contributed by atoms with E-state index in [1.54, 1.807) is 0 Å². The monoisotopic (exact) mass is 412 g/mol. The van der Waals surface area contributed by atoms with Gasteiger partial charge < -0.3 is 10.2 Å². The average Bonchev–Trinajstić information content (AvgIpc) is 2.60. The number of unbranched alkanes of at least 4 members (excludes halogenated alkanes) is 13. The molecule has 0 saturated heterocycles. The molecular weight excluding hydrogens is 368 g/mol. The van der Waals surface area contributed by atoms with Crippen LogP contribution in [-0.4, -0.2) is 59.9 Å². The minimum absolute atomic E-state index is 0. The number of hydrogen-bond donors (Lipinski definition) is 2. The Morgan fingerprint density at radius 3 is 1.07 bits per heavy atom. The van der Waals surface area contributed by atoms with E-state index in [2.05, 4.69) is 13.8 Å². The van der Waals surface area contributed by atoms with Gasteiger partial charge in [-0.15, -0.1) is 0 Å². The van der Waals surface area contributed by atoms with Crippen molar-refractivity contribution in [1.82, 2.24) is 0 Å². The Bertz CT molecular complexity index is 357. The van der Waals surface area contributed by atoms with Crippen molar-refractivity contribution in [2.75, 3.05) is 0 Å². The molecule has 0 bridgehead atoms. The quantitative estimate of drug-likeness (QED) is 0.157. The Balaban J connectivity index is 0. The van der Waals surface area contributed by atoms with E-state index in [9.17, 15) is 19.8 Å². The van der Waals surface area contributed by atoms with Crippen LogP contribution in [0.5, 0.6) is 0 Å². The Morgan fingerprint density at radius 1 is 0.556 bits per heavy atom. The molecule has 0 rings (SSSR count). The molecule has 0 aliphatic heterocycles. The molecule has 0 fully saturated rings. The Kier molecular flexibility index (Phi) is 21.2. The summed E-state index contributed by atoms with van der Waals surface area (Å²) in [6, 6.07) is 0. The Labute approximate surface area is 196 Å². The van der Waals surface area contributed by atoms with Gasteiger partial charge >= 0.3 is 49.7 Å². The van der Waals surface area contributed by atoms with Gasteiger partial charge in [-0.25, -0.2) is 0 Å². The molecule has 0 atom stereocenters. The molecule has 5 heteroatoms. The molecule has 0 aliphatic rings. The van der Waals surface area contributed by atoms with Crippen LogP contribution in [0.1, 0.15) is 123 Å². The Hall–Kier alpha value is 0.200. The summed E-state index contributed by atoms with van der Waals surface area (Å²) in [4.78, 5) is 23.4. The zero-order chi connectivity index (χ0) is 19.7. The molecule has 0 unspecified atom stereocenters. The second-order valence-electron chi connectivity index (χ2n) is 7.79. The van der Waals surface area contributed by atoms with Gasteiger partial charge in [0.25, 0.3) is 0 Å². The maximum atomic E-state index is 11.7. The van der Waals surface area contributed by atoms with Gasteiger partial charge in [-0.1, -0.05) is 110 Å². The molecule has 0 radical (unpaired) electrons. The zero-order valence-electron chi connectivity index (χ0n) is 17.2. The number of carboxylic acid groups (broad SMARTS) is 2. The van der Waals surface area contributed by atoms with E-state index in [0.29, 0.717) is 12.8 Å². The minimum atomic E-state index is -1.58. The second-order valence-corrected chi connectivity index (χ2v) is 7.79. The molecule has 0 heterocycles. The van der Waals surface area contributed by atoms with E-state index < -0.39 is 17.4 Å². The van der Waals surface area contributed by atoms with Crippen molar-refractivity contribution in [2.45, 2.75) is 123 Å². The standard InChI is InChI=1S/C22H42O4.Ca.2H/c1-3-5-7-9-10-11-12-13-15-17-19-22(20(23)24,21(25)26)18-16-14-8-6-4-2;;;/h3-19H2,1-2H3,(H,23,24)(H,25,26);;;.